The second kappa shape index (κ2) is 8.85. The summed E-state index contributed by atoms with van der Waals surface area (Å²) in [6, 6.07) is 4.53. The van der Waals surface area contributed by atoms with Crippen LogP contribution < -0.4 is 16.2 Å². The van der Waals surface area contributed by atoms with E-state index in [4.69, 9.17) is 10.9 Å². The minimum Gasteiger partial charge on any atom is -0.365 e. The number of nitrogens with zero attached hydrogens (tertiary/aromatic N) is 2. The fraction of sp³-hybridized carbons (Fsp3) is 0.350. The number of amides is 2. The molecular formula is C20H23N5O4S3. The van der Waals surface area contributed by atoms with E-state index in [9.17, 15) is 18.0 Å². The molecule has 0 radical (unpaired) electrons. The molecule has 0 aliphatic heterocycles. The number of primary sulfonamides is 1. The first-order valence-corrected chi connectivity index (χ1v) is 13.4. The molecule has 0 fully saturated rings. The second-order valence-corrected chi connectivity index (χ2v) is 11.1. The van der Waals surface area contributed by atoms with Crippen molar-refractivity contribution in [2.45, 2.75) is 49.2 Å². The lowest BCUT2D eigenvalue weighted by Crippen LogP contribution is -2.19. The predicted octanol–water partition coefficient (Wildman–Crippen LogP) is 2.47. The van der Waals surface area contributed by atoms with Gasteiger partial charge >= 0.3 is 0 Å². The zero-order chi connectivity index (χ0) is 23.0. The largest absolute Gasteiger partial charge is 0.365 e. The van der Waals surface area contributed by atoms with Crippen LogP contribution in [0.25, 0.3) is 11.0 Å². The smallest absolute Gasteiger partial charge is 0.251 e. The SMILES string of the molecule is CCn1c(SCC(=O)Nc2sc3c(c2C(N)=O)CCCC3)nc2cc(S(N)(=O)=O)ccc21. The molecule has 170 valence electrons. The van der Waals surface area contributed by atoms with Crippen molar-refractivity contribution in [3.8, 4) is 0 Å². The molecule has 2 heterocycles. The lowest BCUT2D eigenvalue weighted by Gasteiger charge is -2.11. The van der Waals surface area contributed by atoms with Crippen molar-refractivity contribution in [2.75, 3.05) is 11.1 Å². The Morgan fingerprint density at radius 1 is 1.28 bits per heavy atom. The van der Waals surface area contributed by atoms with Gasteiger partial charge in [-0.1, -0.05) is 11.8 Å². The Labute approximate surface area is 193 Å². The molecule has 2 amide bonds. The normalized spacial score (nSPS) is 13.8. The number of rotatable bonds is 7. The number of benzene rings is 1. The first-order chi connectivity index (χ1) is 15.2. The van der Waals surface area contributed by atoms with Crippen LogP contribution >= 0.6 is 23.1 Å². The van der Waals surface area contributed by atoms with Crippen LogP contribution in [0, 0.1) is 0 Å². The van der Waals surface area contributed by atoms with Gasteiger partial charge in [-0.2, -0.15) is 0 Å². The minimum absolute atomic E-state index is 0.0133. The third-order valence-electron chi connectivity index (χ3n) is 5.33. The Morgan fingerprint density at radius 2 is 2.03 bits per heavy atom. The van der Waals surface area contributed by atoms with Gasteiger partial charge in [0.15, 0.2) is 5.16 Å². The monoisotopic (exact) mass is 493 g/mol. The molecule has 4 rings (SSSR count). The molecule has 9 nitrogen and oxygen atoms in total. The molecule has 1 aliphatic rings. The topological polar surface area (TPSA) is 150 Å². The number of imidazole rings is 1. The average molecular weight is 494 g/mol. The van der Waals surface area contributed by atoms with Gasteiger partial charge < -0.3 is 15.6 Å². The van der Waals surface area contributed by atoms with E-state index >= 15 is 0 Å². The van der Waals surface area contributed by atoms with Crippen molar-refractivity contribution in [1.82, 2.24) is 9.55 Å². The maximum atomic E-state index is 12.7. The van der Waals surface area contributed by atoms with Crippen LogP contribution in [-0.2, 0) is 34.2 Å². The highest BCUT2D eigenvalue weighted by Crippen LogP contribution is 2.38. The molecule has 2 aromatic heterocycles. The molecule has 0 atom stereocenters. The Morgan fingerprint density at radius 3 is 2.72 bits per heavy atom. The van der Waals surface area contributed by atoms with Crippen molar-refractivity contribution in [1.29, 1.82) is 0 Å². The molecular weight excluding hydrogens is 470 g/mol. The zero-order valence-corrected chi connectivity index (χ0v) is 19.8. The van der Waals surface area contributed by atoms with E-state index < -0.39 is 15.9 Å². The van der Waals surface area contributed by atoms with E-state index in [0.29, 0.717) is 27.8 Å². The van der Waals surface area contributed by atoms with Gasteiger partial charge in [0.25, 0.3) is 5.91 Å². The van der Waals surface area contributed by atoms with E-state index in [2.05, 4.69) is 10.3 Å². The summed E-state index contributed by atoms with van der Waals surface area (Å²) in [5, 5.41) is 9.16. The number of nitrogens with two attached hydrogens (primary N) is 2. The van der Waals surface area contributed by atoms with E-state index in [0.717, 1.165) is 41.6 Å². The van der Waals surface area contributed by atoms with Crippen LogP contribution in [0.15, 0.2) is 28.3 Å². The summed E-state index contributed by atoms with van der Waals surface area (Å²) in [5.41, 5.74) is 8.23. The fourth-order valence-corrected chi connectivity index (χ4v) is 6.61. The highest BCUT2D eigenvalue weighted by atomic mass is 32.2. The highest BCUT2D eigenvalue weighted by Gasteiger charge is 2.25. The number of hydrogen-bond donors (Lipinski definition) is 3. The quantitative estimate of drug-likeness (QED) is 0.430. The van der Waals surface area contributed by atoms with Gasteiger partial charge in [0.2, 0.25) is 15.9 Å². The molecule has 1 aliphatic carbocycles. The summed E-state index contributed by atoms with van der Waals surface area (Å²) in [7, 11) is -3.83. The third-order valence-corrected chi connectivity index (χ3v) is 8.43. The first kappa shape index (κ1) is 22.8. The van der Waals surface area contributed by atoms with Crippen LogP contribution in [0.1, 0.15) is 40.6 Å². The van der Waals surface area contributed by atoms with Crippen molar-refractivity contribution >= 4 is 61.0 Å². The van der Waals surface area contributed by atoms with Crippen LogP contribution in [0.2, 0.25) is 0 Å². The van der Waals surface area contributed by atoms with Crippen LogP contribution in [-0.4, -0.2) is 35.5 Å². The third kappa shape index (κ3) is 4.40. The summed E-state index contributed by atoms with van der Waals surface area (Å²) in [4.78, 5) is 30.3. The summed E-state index contributed by atoms with van der Waals surface area (Å²) in [6.07, 6.45) is 3.77. The molecule has 0 unspecified atom stereocenters. The number of primary amides is 1. The van der Waals surface area contributed by atoms with Gasteiger partial charge in [-0.3, -0.25) is 9.59 Å². The number of fused-ring (bicyclic) bond motifs is 2. The molecule has 3 aromatic rings. The number of thioether (sulfide) groups is 1. The highest BCUT2D eigenvalue weighted by molar-refractivity contribution is 7.99. The van der Waals surface area contributed by atoms with E-state index in [1.165, 1.54) is 35.2 Å². The number of sulfonamides is 1. The number of nitrogens with one attached hydrogen (secondary N) is 1. The lowest BCUT2D eigenvalue weighted by atomic mass is 9.95. The van der Waals surface area contributed by atoms with Crippen molar-refractivity contribution in [2.24, 2.45) is 10.9 Å². The van der Waals surface area contributed by atoms with Crippen LogP contribution in [0.3, 0.4) is 0 Å². The average Bonchev–Trinajstić information content (AvgIpc) is 3.28. The fourth-order valence-electron chi connectivity index (χ4n) is 3.89. The van der Waals surface area contributed by atoms with E-state index in [1.54, 1.807) is 6.07 Å². The standard InChI is InChI=1S/C20H23N5O4S3/c1-2-25-14-8-7-11(32(22,28)29)9-13(14)23-20(25)30-10-16(26)24-19-17(18(21)27)12-5-3-4-6-15(12)31-19/h7-9H,2-6,10H2,1H3,(H2,21,27)(H,24,26)(H2,22,28,29). The van der Waals surface area contributed by atoms with Crippen LogP contribution in [0.5, 0.6) is 0 Å². The molecule has 0 spiro atoms. The number of anilines is 1. The molecule has 12 heteroatoms. The predicted molar refractivity (Wildman–Crippen MR) is 126 cm³/mol. The maximum Gasteiger partial charge on any atom is 0.251 e. The molecule has 5 N–H and O–H groups in total. The van der Waals surface area contributed by atoms with Gasteiger partial charge in [-0.15, -0.1) is 11.3 Å². The summed E-state index contributed by atoms with van der Waals surface area (Å²) in [6.45, 7) is 2.53. The van der Waals surface area contributed by atoms with Crippen molar-refractivity contribution in [3.05, 3.63) is 34.2 Å². The summed E-state index contributed by atoms with van der Waals surface area (Å²) < 4.78 is 25.2. The minimum atomic E-state index is -3.83. The van der Waals surface area contributed by atoms with Gasteiger partial charge in [0.1, 0.15) is 5.00 Å². The Kier molecular flexibility index (Phi) is 6.30. The Balaban J connectivity index is 1.53. The molecule has 0 bridgehead atoms. The zero-order valence-electron chi connectivity index (χ0n) is 17.4. The Hall–Kier alpha value is -2.41. The molecule has 0 saturated carbocycles. The molecule has 1 aromatic carbocycles. The number of aromatic nitrogens is 2. The Bertz CT molecular complexity index is 1330. The van der Waals surface area contributed by atoms with Crippen molar-refractivity contribution in [3.63, 3.8) is 0 Å². The van der Waals surface area contributed by atoms with Gasteiger partial charge in [-0.05, 0) is 56.4 Å². The first-order valence-electron chi connectivity index (χ1n) is 10.1. The van der Waals surface area contributed by atoms with Gasteiger partial charge in [0.05, 0.1) is 27.2 Å². The van der Waals surface area contributed by atoms with E-state index in [-0.39, 0.29) is 16.6 Å². The number of carbonyl (C=O) groups excluding carboxylic acids is 2. The maximum absolute atomic E-state index is 12.7. The number of carbonyl (C=O) groups is 2. The summed E-state index contributed by atoms with van der Waals surface area (Å²) in [5.74, 6) is -0.714. The molecule has 0 saturated heterocycles. The number of thiophene rings is 1. The van der Waals surface area contributed by atoms with Crippen LogP contribution in [0.4, 0.5) is 5.00 Å². The second-order valence-electron chi connectivity index (χ2n) is 7.45. The van der Waals surface area contributed by atoms with Gasteiger partial charge in [-0.25, -0.2) is 18.5 Å². The lowest BCUT2D eigenvalue weighted by molar-refractivity contribution is -0.113. The van der Waals surface area contributed by atoms with Crippen molar-refractivity contribution < 1.29 is 18.0 Å². The summed E-state index contributed by atoms with van der Waals surface area (Å²) >= 11 is 2.66. The number of aryl methyl sites for hydroxylation is 2. The molecule has 32 heavy (non-hydrogen) atoms. The van der Waals surface area contributed by atoms with E-state index in [1.807, 2.05) is 11.5 Å². The number of hydrogen-bond acceptors (Lipinski definition) is 7. The van der Waals surface area contributed by atoms with Gasteiger partial charge in [0, 0.05) is 11.4 Å².